The van der Waals surface area contributed by atoms with Gasteiger partial charge in [-0.3, -0.25) is 0 Å². The van der Waals surface area contributed by atoms with Gasteiger partial charge in [0.1, 0.15) is 5.69 Å². The lowest BCUT2D eigenvalue weighted by atomic mass is 10.1. The first-order valence-electron chi connectivity index (χ1n) is 7.05. The lowest BCUT2D eigenvalue weighted by Crippen LogP contribution is -2.05. The highest BCUT2D eigenvalue weighted by Gasteiger charge is 2.18. The van der Waals surface area contributed by atoms with Crippen molar-refractivity contribution in [3.63, 3.8) is 0 Å². The molecule has 0 aromatic carbocycles. The number of rotatable bonds is 3. The van der Waals surface area contributed by atoms with Crippen LogP contribution in [0.3, 0.4) is 0 Å². The molecule has 0 aliphatic rings. The monoisotopic (exact) mass is 312 g/mol. The van der Waals surface area contributed by atoms with Crippen molar-refractivity contribution in [2.45, 2.75) is 6.54 Å². The molecule has 0 atom stereocenters. The van der Waals surface area contributed by atoms with E-state index in [-0.39, 0.29) is 24.7 Å². The molecule has 23 heavy (non-hydrogen) atoms. The molecule has 0 aliphatic carbocycles. The van der Waals surface area contributed by atoms with Crippen LogP contribution in [0.5, 0.6) is 0 Å². The SMILES string of the molecule is Nc1nn(CCO)c2nc(-c3cnn4ccccc34)c(F)cc12. The van der Waals surface area contributed by atoms with E-state index < -0.39 is 5.82 Å². The Morgan fingerprint density at radius 3 is 3.00 bits per heavy atom. The molecule has 0 spiro atoms. The molecule has 0 saturated heterocycles. The fourth-order valence-corrected chi connectivity index (χ4v) is 2.65. The van der Waals surface area contributed by atoms with Crippen LogP contribution in [-0.4, -0.2) is 36.1 Å². The van der Waals surface area contributed by atoms with Crippen molar-refractivity contribution in [2.24, 2.45) is 0 Å². The number of fused-ring (bicyclic) bond motifs is 2. The number of anilines is 1. The second kappa shape index (κ2) is 5.03. The van der Waals surface area contributed by atoms with Gasteiger partial charge in [0.05, 0.1) is 30.3 Å². The van der Waals surface area contributed by atoms with Gasteiger partial charge in [0, 0.05) is 11.8 Å². The third-order valence-electron chi connectivity index (χ3n) is 3.70. The van der Waals surface area contributed by atoms with Crippen LogP contribution in [0.15, 0.2) is 36.7 Å². The first kappa shape index (κ1) is 13.6. The normalized spacial score (nSPS) is 11.6. The summed E-state index contributed by atoms with van der Waals surface area (Å²) in [7, 11) is 0. The Balaban J connectivity index is 2.00. The summed E-state index contributed by atoms with van der Waals surface area (Å²) in [5.74, 6) is -0.308. The summed E-state index contributed by atoms with van der Waals surface area (Å²) in [6.07, 6.45) is 3.35. The van der Waals surface area contributed by atoms with Crippen LogP contribution >= 0.6 is 0 Å². The van der Waals surface area contributed by atoms with Crippen LogP contribution in [0.1, 0.15) is 0 Å². The van der Waals surface area contributed by atoms with E-state index >= 15 is 0 Å². The second-order valence-corrected chi connectivity index (χ2v) is 5.11. The minimum Gasteiger partial charge on any atom is -0.394 e. The molecule has 0 saturated carbocycles. The van der Waals surface area contributed by atoms with Gasteiger partial charge < -0.3 is 10.8 Å². The number of nitrogen functional groups attached to an aromatic ring is 1. The Kier molecular flexibility index (Phi) is 2.98. The van der Waals surface area contributed by atoms with Crippen molar-refractivity contribution >= 4 is 22.4 Å². The minimum atomic E-state index is -0.494. The summed E-state index contributed by atoms with van der Waals surface area (Å²) in [5.41, 5.74) is 7.74. The molecule has 116 valence electrons. The maximum absolute atomic E-state index is 14.5. The van der Waals surface area contributed by atoms with E-state index in [0.717, 1.165) is 5.52 Å². The van der Waals surface area contributed by atoms with Gasteiger partial charge in [-0.2, -0.15) is 10.2 Å². The van der Waals surface area contributed by atoms with Gasteiger partial charge in [0.25, 0.3) is 0 Å². The third-order valence-corrected chi connectivity index (χ3v) is 3.70. The maximum atomic E-state index is 14.5. The number of nitrogens with zero attached hydrogens (tertiary/aromatic N) is 5. The first-order valence-corrected chi connectivity index (χ1v) is 7.05. The molecule has 4 heterocycles. The van der Waals surface area contributed by atoms with Gasteiger partial charge in [0.2, 0.25) is 0 Å². The Labute approximate surface area is 129 Å². The molecule has 7 nitrogen and oxygen atoms in total. The van der Waals surface area contributed by atoms with Gasteiger partial charge in [-0.1, -0.05) is 6.07 Å². The molecule has 0 bridgehead atoms. The van der Waals surface area contributed by atoms with Gasteiger partial charge in [-0.25, -0.2) is 18.6 Å². The summed E-state index contributed by atoms with van der Waals surface area (Å²) in [4.78, 5) is 4.39. The number of pyridine rings is 2. The van der Waals surface area contributed by atoms with Crippen molar-refractivity contribution in [3.8, 4) is 11.3 Å². The van der Waals surface area contributed by atoms with Crippen molar-refractivity contribution in [1.29, 1.82) is 0 Å². The van der Waals surface area contributed by atoms with Crippen LogP contribution in [-0.2, 0) is 6.54 Å². The quantitative estimate of drug-likeness (QED) is 0.597. The molecule has 4 aromatic heterocycles. The van der Waals surface area contributed by atoms with Crippen LogP contribution in [0, 0.1) is 5.82 Å². The van der Waals surface area contributed by atoms with E-state index in [1.807, 2.05) is 18.2 Å². The molecule has 0 amide bonds. The van der Waals surface area contributed by atoms with Crippen molar-refractivity contribution < 1.29 is 9.50 Å². The molecule has 0 radical (unpaired) electrons. The molecular formula is C15H13FN6O. The van der Waals surface area contributed by atoms with Crippen LogP contribution in [0.25, 0.3) is 27.8 Å². The van der Waals surface area contributed by atoms with E-state index in [1.165, 1.54) is 10.7 Å². The zero-order valence-corrected chi connectivity index (χ0v) is 12.0. The third kappa shape index (κ3) is 2.03. The van der Waals surface area contributed by atoms with Crippen molar-refractivity contribution in [2.75, 3.05) is 12.3 Å². The molecule has 4 aromatic rings. The molecule has 0 unspecified atom stereocenters. The first-order chi connectivity index (χ1) is 11.2. The minimum absolute atomic E-state index is 0.110. The number of aliphatic hydroxyl groups is 1. The molecule has 8 heteroatoms. The number of hydrogen-bond acceptors (Lipinski definition) is 5. The number of aromatic nitrogens is 5. The van der Waals surface area contributed by atoms with Crippen molar-refractivity contribution in [1.82, 2.24) is 24.4 Å². The van der Waals surface area contributed by atoms with E-state index in [9.17, 15) is 4.39 Å². The molecule has 0 fully saturated rings. The number of nitrogens with two attached hydrogens (primary N) is 1. The van der Waals surface area contributed by atoms with E-state index in [0.29, 0.717) is 16.6 Å². The highest BCUT2D eigenvalue weighted by Crippen LogP contribution is 2.29. The summed E-state index contributed by atoms with van der Waals surface area (Å²) >= 11 is 0. The number of hydrogen-bond donors (Lipinski definition) is 2. The van der Waals surface area contributed by atoms with Gasteiger partial charge >= 0.3 is 0 Å². The smallest absolute Gasteiger partial charge is 0.160 e. The van der Waals surface area contributed by atoms with Crippen LogP contribution in [0.4, 0.5) is 10.2 Å². The van der Waals surface area contributed by atoms with Crippen LogP contribution in [0.2, 0.25) is 0 Å². The number of aliphatic hydroxyl groups excluding tert-OH is 1. The Bertz CT molecular complexity index is 1020. The number of halogens is 1. The van der Waals surface area contributed by atoms with E-state index in [1.54, 1.807) is 16.9 Å². The maximum Gasteiger partial charge on any atom is 0.160 e. The van der Waals surface area contributed by atoms with Gasteiger partial charge in [-0.05, 0) is 18.2 Å². The standard InChI is InChI=1S/C15H13FN6O/c16-11-7-9-14(17)20-22(5-6-23)15(9)19-13(11)10-8-18-21-4-2-1-3-12(10)21/h1-4,7-8,23H,5-6H2,(H2,17,20). The average Bonchev–Trinajstić information content (AvgIpc) is 3.09. The van der Waals surface area contributed by atoms with Crippen LogP contribution < -0.4 is 5.73 Å². The second-order valence-electron chi connectivity index (χ2n) is 5.11. The van der Waals surface area contributed by atoms with Crippen molar-refractivity contribution in [3.05, 3.63) is 42.5 Å². The summed E-state index contributed by atoms with van der Waals surface area (Å²) in [6, 6.07) is 6.85. The fraction of sp³-hybridized carbons (Fsp3) is 0.133. The lowest BCUT2D eigenvalue weighted by molar-refractivity contribution is 0.271. The predicted molar refractivity (Wildman–Crippen MR) is 83.2 cm³/mol. The topological polar surface area (TPSA) is 94.3 Å². The zero-order chi connectivity index (χ0) is 16.0. The van der Waals surface area contributed by atoms with E-state index in [2.05, 4.69) is 15.2 Å². The van der Waals surface area contributed by atoms with Gasteiger partial charge in [-0.15, -0.1) is 0 Å². The predicted octanol–water partition coefficient (Wildman–Crippen LogP) is 1.46. The largest absolute Gasteiger partial charge is 0.394 e. The molecule has 0 aliphatic heterocycles. The summed E-state index contributed by atoms with van der Waals surface area (Å²) in [6.45, 7) is 0.127. The van der Waals surface area contributed by atoms with E-state index in [4.69, 9.17) is 10.8 Å². The Morgan fingerprint density at radius 1 is 1.30 bits per heavy atom. The van der Waals surface area contributed by atoms with Gasteiger partial charge in [0.15, 0.2) is 17.3 Å². The lowest BCUT2D eigenvalue weighted by Gasteiger charge is -2.04. The highest BCUT2D eigenvalue weighted by atomic mass is 19.1. The molecule has 4 rings (SSSR count). The molecule has 3 N–H and O–H groups in total. The average molecular weight is 312 g/mol. The Morgan fingerprint density at radius 2 is 2.17 bits per heavy atom. The Hall–Kier alpha value is -3.00. The molecular weight excluding hydrogens is 299 g/mol. The highest BCUT2D eigenvalue weighted by molar-refractivity contribution is 5.90. The zero-order valence-electron chi connectivity index (χ0n) is 12.0. The summed E-state index contributed by atoms with van der Waals surface area (Å²) < 4.78 is 17.7. The summed E-state index contributed by atoms with van der Waals surface area (Å²) in [5, 5.41) is 17.8. The fourth-order valence-electron chi connectivity index (χ4n) is 2.65.